The number of cyclic esters (lactones) is 1. The van der Waals surface area contributed by atoms with Crippen molar-refractivity contribution in [3.05, 3.63) is 29.3 Å². The predicted octanol–water partition coefficient (Wildman–Crippen LogP) is 1.06. The number of carbonyl (C=O) groups is 1. The molecule has 21 heavy (non-hydrogen) atoms. The second-order valence-corrected chi connectivity index (χ2v) is 7.14. The number of halogens is 1. The van der Waals surface area contributed by atoms with Crippen LogP contribution in [0.5, 0.6) is 0 Å². The quantitative estimate of drug-likeness (QED) is 0.874. The first-order valence-electron chi connectivity index (χ1n) is 6.20. The molecule has 1 fully saturated rings. The molecule has 116 valence electrons. The lowest BCUT2D eigenvalue weighted by Gasteiger charge is -2.15. The van der Waals surface area contributed by atoms with Crippen molar-refractivity contribution in [2.75, 3.05) is 32.1 Å². The Bertz CT molecular complexity index is 635. The molecule has 9 heteroatoms. The summed E-state index contributed by atoms with van der Waals surface area (Å²) in [6.45, 7) is 0.276. The maximum Gasteiger partial charge on any atom is 0.414 e. The van der Waals surface area contributed by atoms with Gasteiger partial charge in [-0.2, -0.15) is 17.4 Å². The summed E-state index contributed by atoms with van der Waals surface area (Å²) in [5, 5.41) is 0.511. The van der Waals surface area contributed by atoms with Crippen molar-refractivity contribution in [2.45, 2.75) is 6.10 Å². The van der Waals surface area contributed by atoms with Crippen molar-refractivity contribution in [3.63, 3.8) is 0 Å². The van der Waals surface area contributed by atoms with E-state index in [1.807, 2.05) is 0 Å². The van der Waals surface area contributed by atoms with Gasteiger partial charge in [0.1, 0.15) is 6.10 Å². The number of nitrogens with zero attached hydrogens (tertiary/aromatic N) is 2. The number of amides is 1. The minimum absolute atomic E-state index is 0.0172. The van der Waals surface area contributed by atoms with Crippen LogP contribution in [0.4, 0.5) is 10.5 Å². The zero-order valence-corrected chi connectivity index (χ0v) is 13.2. The molecule has 1 amide bonds. The first kappa shape index (κ1) is 16.0. The normalized spacial score (nSPS) is 19.1. The average Bonchev–Trinajstić information content (AvgIpc) is 2.78. The molecule has 0 aromatic heterocycles. The van der Waals surface area contributed by atoms with E-state index in [0.717, 1.165) is 4.31 Å². The highest BCUT2D eigenvalue weighted by Gasteiger charge is 2.33. The molecule has 0 saturated carbocycles. The maximum absolute atomic E-state index is 11.8. The third-order valence-electron chi connectivity index (χ3n) is 2.97. The first-order valence-corrected chi connectivity index (χ1v) is 8.02. The molecule has 1 aliphatic heterocycles. The van der Waals surface area contributed by atoms with Gasteiger partial charge in [0, 0.05) is 24.8 Å². The summed E-state index contributed by atoms with van der Waals surface area (Å²) in [4.78, 5) is 13.2. The minimum atomic E-state index is -3.54. The molecular formula is C12H16ClN3O4S. The number of ether oxygens (including phenoxy) is 1. The third-order valence-corrected chi connectivity index (χ3v) is 4.70. The van der Waals surface area contributed by atoms with Crippen molar-refractivity contribution in [3.8, 4) is 0 Å². The molecule has 1 atom stereocenters. The van der Waals surface area contributed by atoms with Crippen LogP contribution in [0.15, 0.2) is 24.3 Å². The van der Waals surface area contributed by atoms with E-state index < -0.39 is 22.4 Å². The summed E-state index contributed by atoms with van der Waals surface area (Å²) in [5.41, 5.74) is 0.616. The molecule has 1 aromatic carbocycles. The number of rotatable bonds is 5. The van der Waals surface area contributed by atoms with Crippen LogP contribution < -0.4 is 9.62 Å². The molecule has 7 nitrogen and oxygen atoms in total. The van der Waals surface area contributed by atoms with Gasteiger partial charge < -0.3 is 4.74 Å². The van der Waals surface area contributed by atoms with Gasteiger partial charge in [0.2, 0.25) is 0 Å². The van der Waals surface area contributed by atoms with E-state index in [0.29, 0.717) is 10.7 Å². The molecule has 1 saturated heterocycles. The predicted molar refractivity (Wildman–Crippen MR) is 79.7 cm³/mol. The SMILES string of the molecule is CN(C)S(=O)(=O)NCC1CN(c2cccc(Cl)c2)C(=O)O1. The zero-order chi connectivity index (χ0) is 15.6. The maximum atomic E-state index is 11.8. The van der Waals surface area contributed by atoms with Gasteiger partial charge in [-0.15, -0.1) is 0 Å². The molecule has 2 rings (SSSR count). The lowest BCUT2D eigenvalue weighted by molar-refractivity contribution is 0.143. The Balaban J connectivity index is 2.00. The second-order valence-electron chi connectivity index (χ2n) is 4.73. The van der Waals surface area contributed by atoms with Gasteiger partial charge in [-0.25, -0.2) is 4.79 Å². The summed E-state index contributed by atoms with van der Waals surface area (Å²) in [6.07, 6.45) is -1.07. The second kappa shape index (κ2) is 6.18. The van der Waals surface area contributed by atoms with Crippen LogP contribution in [0.25, 0.3) is 0 Å². The zero-order valence-electron chi connectivity index (χ0n) is 11.6. The van der Waals surface area contributed by atoms with Crippen LogP contribution in [0, 0.1) is 0 Å². The van der Waals surface area contributed by atoms with Gasteiger partial charge >= 0.3 is 6.09 Å². The first-order chi connectivity index (χ1) is 9.79. The van der Waals surface area contributed by atoms with Crippen molar-refractivity contribution >= 4 is 33.6 Å². The van der Waals surface area contributed by atoms with Crippen LogP contribution in [0.3, 0.4) is 0 Å². The van der Waals surface area contributed by atoms with E-state index in [9.17, 15) is 13.2 Å². The number of carbonyl (C=O) groups excluding carboxylic acids is 1. The fraction of sp³-hybridized carbons (Fsp3) is 0.417. The fourth-order valence-corrected chi connectivity index (χ4v) is 2.65. The highest BCUT2D eigenvalue weighted by molar-refractivity contribution is 7.87. The smallest absolute Gasteiger partial charge is 0.414 e. The summed E-state index contributed by atoms with van der Waals surface area (Å²) in [6, 6.07) is 6.82. The number of hydrogen-bond acceptors (Lipinski definition) is 4. The van der Waals surface area contributed by atoms with Crippen molar-refractivity contribution in [1.82, 2.24) is 9.03 Å². The van der Waals surface area contributed by atoms with E-state index >= 15 is 0 Å². The fourth-order valence-electron chi connectivity index (χ4n) is 1.81. The standard InChI is InChI=1S/C12H16ClN3O4S/c1-15(2)21(18,19)14-7-11-8-16(12(17)20-11)10-5-3-4-9(13)6-10/h3-6,11,14H,7-8H2,1-2H3. The van der Waals surface area contributed by atoms with E-state index in [1.54, 1.807) is 24.3 Å². The molecule has 1 heterocycles. The molecule has 0 aliphatic carbocycles. The minimum Gasteiger partial charge on any atom is -0.443 e. The molecule has 0 radical (unpaired) electrons. The van der Waals surface area contributed by atoms with Gasteiger partial charge in [-0.3, -0.25) is 4.90 Å². The van der Waals surface area contributed by atoms with Crippen LogP contribution in [0.2, 0.25) is 5.02 Å². The Morgan fingerprint density at radius 3 is 2.81 bits per heavy atom. The van der Waals surface area contributed by atoms with Gasteiger partial charge in [-0.05, 0) is 18.2 Å². The Morgan fingerprint density at radius 1 is 1.48 bits per heavy atom. The Labute approximate surface area is 128 Å². The molecule has 1 N–H and O–H groups in total. The van der Waals surface area contributed by atoms with Crippen molar-refractivity contribution < 1.29 is 17.9 Å². The Kier molecular flexibility index (Phi) is 4.72. The van der Waals surface area contributed by atoms with Crippen LogP contribution in [0.1, 0.15) is 0 Å². The highest BCUT2D eigenvalue weighted by Crippen LogP contribution is 2.24. The molecule has 1 aliphatic rings. The lowest BCUT2D eigenvalue weighted by atomic mass is 10.3. The van der Waals surface area contributed by atoms with Gasteiger partial charge in [0.25, 0.3) is 10.2 Å². The summed E-state index contributed by atoms with van der Waals surface area (Å²) >= 11 is 5.89. The van der Waals surface area contributed by atoms with Gasteiger partial charge in [0.15, 0.2) is 0 Å². The van der Waals surface area contributed by atoms with E-state index in [2.05, 4.69) is 4.72 Å². The largest absolute Gasteiger partial charge is 0.443 e. The Morgan fingerprint density at radius 2 is 2.19 bits per heavy atom. The molecular weight excluding hydrogens is 318 g/mol. The van der Waals surface area contributed by atoms with Crippen molar-refractivity contribution in [2.24, 2.45) is 0 Å². The monoisotopic (exact) mass is 333 g/mol. The summed E-state index contributed by atoms with van der Waals surface area (Å²) < 4.78 is 31.8. The van der Waals surface area contributed by atoms with Gasteiger partial charge in [0.05, 0.1) is 13.1 Å². The molecule has 1 aromatic rings. The summed E-state index contributed by atoms with van der Waals surface area (Å²) in [7, 11) is -0.704. The molecule has 0 spiro atoms. The number of nitrogens with one attached hydrogen (secondary N) is 1. The Hall–Kier alpha value is -1.35. The number of benzene rings is 1. The highest BCUT2D eigenvalue weighted by atomic mass is 35.5. The topological polar surface area (TPSA) is 79.0 Å². The van der Waals surface area contributed by atoms with E-state index in [1.165, 1.54) is 19.0 Å². The lowest BCUT2D eigenvalue weighted by Crippen LogP contribution is -2.40. The summed E-state index contributed by atoms with van der Waals surface area (Å²) in [5.74, 6) is 0. The third kappa shape index (κ3) is 3.85. The van der Waals surface area contributed by atoms with Crippen LogP contribution >= 0.6 is 11.6 Å². The average molecular weight is 334 g/mol. The number of anilines is 1. The molecule has 0 bridgehead atoms. The van der Waals surface area contributed by atoms with E-state index in [-0.39, 0.29) is 13.1 Å². The van der Waals surface area contributed by atoms with E-state index in [4.69, 9.17) is 16.3 Å². The molecule has 1 unspecified atom stereocenters. The van der Waals surface area contributed by atoms with Crippen molar-refractivity contribution in [1.29, 1.82) is 0 Å². The van der Waals surface area contributed by atoms with Gasteiger partial charge in [-0.1, -0.05) is 17.7 Å². The van der Waals surface area contributed by atoms with Crippen LogP contribution in [-0.2, 0) is 14.9 Å². The van der Waals surface area contributed by atoms with Crippen LogP contribution in [-0.4, -0.2) is 52.1 Å². The number of hydrogen-bond donors (Lipinski definition) is 1.